The largest absolute Gasteiger partial charge is 0.343 e. The van der Waals surface area contributed by atoms with Crippen LogP contribution in [0.15, 0.2) is 0 Å². The summed E-state index contributed by atoms with van der Waals surface area (Å²) >= 11 is 0. The van der Waals surface area contributed by atoms with Crippen molar-refractivity contribution in [2.75, 3.05) is 26.7 Å². The van der Waals surface area contributed by atoms with E-state index in [0.29, 0.717) is 32.5 Å². The van der Waals surface area contributed by atoms with Crippen LogP contribution in [-0.4, -0.2) is 54.3 Å². The molecule has 2 amide bonds. The van der Waals surface area contributed by atoms with Gasteiger partial charge in [-0.05, 0) is 24.8 Å². The van der Waals surface area contributed by atoms with E-state index >= 15 is 0 Å². The van der Waals surface area contributed by atoms with E-state index in [4.69, 9.17) is 5.73 Å². The van der Waals surface area contributed by atoms with Crippen LogP contribution in [0.4, 0.5) is 0 Å². The molecule has 0 aromatic carbocycles. The minimum absolute atomic E-state index is 0.0271. The van der Waals surface area contributed by atoms with Gasteiger partial charge in [-0.15, -0.1) is 0 Å². The molecule has 0 aliphatic carbocycles. The summed E-state index contributed by atoms with van der Waals surface area (Å²) in [6.07, 6.45) is 2.10. The maximum atomic E-state index is 12.5. The van der Waals surface area contributed by atoms with Crippen molar-refractivity contribution in [2.24, 2.45) is 11.1 Å². The van der Waals surface area contributed by atoms with Crippen molar-refractivity contribution in [3.8, 4) is 0 Å². The molecule has 0 saturated carbocycles. The monoisotopic (exact) mass is 269 g/mol. The van der Waals surface area contributed by atoms with Gasteiger partial charge in [0.1, 0.15) is 6.04 Å². The zero-order valence-corrected chi connectivity index (χ0v) is 12.6. The molecule has 0 aromatic heterocycles. The van der Waals surface area contributed by atoms with Crippen molar-refractivity contribution >= 4 is 11.8 Å². The van der Waals surface area contributed by atoms with Gasteiger partial charge in [-0.1, -0.05) is 20.8 Å². The van der Waals surface area contributed by atoms with Gasteiger partial charge in [0.2, 0.25) is 11.8 Å². The van der Waals surface area contributed by atoms with Crippen molar-refractivity contribution in [3.63, 3.8) is 0 Å². The van der Waals surface area contributed by atoms with Crippen molar-refractivity contribution in [1.82, 2.24) is 9.80 Å². The quantitative estimate of drug-likeness (QED) is 0.776. The molecule has 1 unspecified atom stereocenters. The van der Waals surface area contributed by atoms with Crippen LogP contribution >= 0.6 is 0 Å². The van der Waals surface area contributed by atoms with E-state index in [-0.39, 0.29) is 23.3 Å². The second-order valence-corrected chi connectivity index (χ2v) is 6.18. The fraction of sp³-hybridized carbons (Fsp3) is 0.857. The van der Waals surface area contributed by atoms with Crippen molar-refractivity contribution < 1.29 is 9.59 Å². The highest BCUT2D eigenvalue weighted by molar-refractivity contribution is 5.88. The smallest absolute Gasteiger partial charge is 0.245 e. The molecule has 5 nitrogen and oxygen atoms in total. The van der Waals surface area contributed by atoms with Crippen LogP contribution in [0.5, 0.6) is 0 Å². The minimum atomic E-state index is -0.312. The summed E-state index contributed by atoms with van der Waals surface area (Å²) < 4.78 is 0. The Kier molecular flexibility index (Phi) is 5.35. The maximum Gasteiger partial charge on any atom is 0.245 e. The number of nitrogens with two attached hydrogens (primary N) is 1. The molecular formula is C14H27N3O2. The Hall–Kier alpha value is -1.10. The van der Waals surface area contributed by atoms with Crippen LogP contribution in [0.1, 0.15) is 40.0 Å². The summed E-state index contributed by atoms with van der Waals surface area (Å²) in [5, 5.41) is 0. The van der Waals surface area contributed by atoms with Gasteiger partial charge in [0.25, 0.3) is 0 Å². The number of amides is 2. The van der Waals surface area contributed by atoms with Crippen LogP contribution in [0.2, 0.25) is 0 Å². The van der Waals surface area contributed by atoms with E-state index in [1.165, 1.54) is 0 Å². The number of rotatable bonds is 6. The molecule has 0 radical (unpaired) electrons. The lowest BCUT2D eigenvalue weighted by atomic mass is 9.93. The SMILES string of the molecule is CCC(C(=O)N(C)CC(C)(C)CN)N1CCCC1=O. The van der Waals surface area contributed by atoms with Crippen molar-refractivity contribution in [2.45, 2.75) is 46.1 Å². The third kappa shape index (κ3) is 3.93. The third-order valence-electron chi connectivity index (χ3n) is 3.75. The van der Waals surface area contributed by atoms with Crippen LogP contribution in [0, 0.1) is 5.41 Å². The molecule has 5 heteroatoms. The molecule has 2 N–H and O–H groups in total. The summed E-state index contributed by atoms with van der Waals surface area (Å²) in [6.45, 7) is 7.88. The predicted octanol–water partition coefficient (Wildman–Crippen LogP) is 0.831. The second kappa shape index (κ2) is 6.37. The van der Waals surface area contributed by atoms with Crippen LogP contribution < -0.4 is 5.73 Å². The van der Waals surface area contributed by atoms with Gasteiger partial charge in [0.05, 0.1) is 0 Å². The molecule has 1 heterocycles. The highest BCUT2D eigenvalue weighted by Gasteiger charge is 2.34. The van der Waals surface area contributed by atoms with Crippen molar-refractivity contribution in [3.05, 3.63) is 0 Å². The fourth-order valence-corrected chi connectivity index (χ4v) is 2.57. The lowest BCUT2D eigenvalue weighted by Gasteiger charge is -2.34. The maximum absolute atomic E-state index is 12.5. The summed E-state index contributed by atoms with van der Waals surface area (Å²) in [5.41, 5.74) is 5.61. The number of nitrogens with zero attached hydrogens (tertiary/aromatic N) is 2. The number of carbonyl (C=O) groups excluding carboxylic acids is 2. The van der Waals surface area contributed by atoms with Gasteiger partial charge in [0.15, 0.2) is 0 Å². The summed E-state index contributed by atoms with van der Waals surface area (Å²) in [5.74, 6) is 0.131. The van der Waals surface area contributed by atoms with Gasteiger partial charge in [0, 0.05) is 26.6 Å². The van der Waals surface area contributed by atoms with E-state index in [0.717, 1.165) is 6.42 Å². The highest BCUT2D eigenvalue weighted by atomic mass is 16.2. The predicted molar refractivity (Wildman–Crippen MR) is 75.5 cm³/mol. The van der Waals surface area contributed by atoms with Gasteiger partial charge < -0.3 is 15.5 Å². The molecule has 19 heavy (non-hydrogen) atoms. The number of likely N-dealkylation sites (tertiary alicyclic amines) is 1. The van der Waals surface area contributed by atoms with Crippen LogP contribution in [0.3, 0.4) is 0 Å². The number of hydrogen-bond acceptors (Lipinski definition) is 3. The summed E-state index contributed by atoms with van der Waals surface area (Å²) in [6, 6.07) is -0.312. The first-order valence-electron chi connectivity index (χ1n) is 7.07. The lowest BCUT2D eigenvalue weighted by molar-refractivity contribution is -0.143. The molecular weight excluding hydrogens is 242 g/mol. The first-order chi connectivity index (χ1) is 8.82. The first-order valence-corrected chi connectivity index (χ1v) is 7.07. The molecule has 1 aliphatic heterocycles. The molecule has 110 valence electrons. The van der Waals surface area contributed by atoms with Crippen LogP contribution in [-0.2, 0) is 9.59 Å². The zero-order valence-electron chi connectivity index (χ0n) is 12.6. The first kappa shape index (κ1) is 16.0. The van der Waals surface area contributed by atoms with Gasteiger partial charge >= 0.3 is 0 Å². The molecule has 1 aliphatic rings. The number of likely N-dealkylation sites (N-methyl/N-ethyl adjacent to an activating group) is 1. The Bertz CT molecular complexity index is 342. The highest BCUT2D eigenvalue weighted by Crippen LogP contribution is 2.19. The second-order valence-electron chi connectivity index (χ2n) is 6.18. The Balaban J connectivity index is 2.70. The van der Waals surface area contributed by atoms with E-state index < -0.39 is 0 Å². The molecule has 1 fully saturated rings. The third-order valence-corrected chi connectivity index (χ3v) is 3.75. The molecule has 1 rings (SSSR count). The molecule has 1 saturated heterocycles. The normalized spacial score (nSPS) is 17.7. The van der Waals surface area contributed by atoms with Gasteiger partial charge in [-0.25, -0.2) is 0 Å². The Morgan fingerprint density at radius 3 is 2.58 bits per heavy atom. The van der Waals surface area contributed by atoms with Gasteiger partial charge in [-0.2, -0.15) is 0 Å². The Morgan fingerprint density at radius 1 is 1.53 bits per heavy atom. The van der Waals surface area contributed by atoms with Crippen LogP contribution in [0.25, 0.3) is 0 Å². The molecule has 0 spiro atoms. The number of carbonyl (C=O) groups is 2. The van der Waals surface area contributed by atoms with Crippen molar-refractivity contribution in [1.29, 1.82) is 0 Å². The zero-order chi connectivity index (χ0) is 14.6. The fourth-order valence-electron chi connectivity index (χ4n) is 2.57. The van der Waals surface area contributed by atoms with E-state index in [2.05, 4.69) is 0 Å². The minimum Gasteiger partial charge on any atom is -0.343 e. The van der Waals surface area contributed by atoms with E-state index in [1.54, 1.807) is 16.8 Å². The average Bonchev–Trinajstić information content (AvgIpc) is 2.76. The molecule has 1 atom stereocenters. The molecule has 0 aromatic rings. The number of hydrogen-bond donors (Lipinski definition) is 1. The lowest BCUT2D eigenvalue weighted by Crippen LogP contribution is -2.50. The summed E-state index contributed by atoms with van der Waals surface area (Å²) in [4.78, 5) is 27.7. The van der Waals surface area contributed by atoms with E-state index in [9.17, 15) is 9.59 Å². The van der Waals surface area contributed by atoms with Gasteiger partial charge in [-0.3, -0.25) is 9.59 Å². The standard InChI is InChI=1S/C14H27N3O2/c1-5-11(17-8-6-7-12(17)18)13(19)16(4)10-14(2,3)9-15/h11H,5-10,15H2,1-4H3. The molecule has 0 bridgehead atoms. The van der Waals surface area contributed by atoms with E-state index in [1.807, 2.05) is 20.8 Å². The summed E-state index contributed by atoms with van der Waals surface area (Å²) in [7, 11) is 1.79. The average molecular weight is 269 g/mol. The Morgan fingerprint density at radius 2 is 2.16 bits per heavy atom. The Labute approximate surface area is 116 Å². The topological polar surface area (TPSA) is 66.6 Å².